The minimum Gasteiger partial charge on any atom is -0.481 e. The van der Waals surface area contributed by atoms with Crippen LogP contribution in [0.4, 0.5) is 10.6 Å². The van der Waals surface area contributed by atoms with Crippen LogP contribution < -0.4 is 10.6 Å². The molecule has 214 valence electrons. The van der Waals surface area contributed by atoms with Gasteiger partial charge in [0.2, 0.25) is 5.91 Å². The molecule has 3 heterocycles. The van der Waals surface area contributed by atoms with Crippen LogP contribution in [0.5, 0.6) is 0 Å². The van der Waals surface area contributed by atoms with Gasteiger partial charge in [-0.2, -0.15) is 0 Å². The molecule has 2 aliphatic rings. The number of hydrogen-bond acceptors (Lipinski definition) is 9. The maximum Gasteiger partial charge on any atom is 0.409 e. The molecular weight excluding hydrogens is 520 g/mol. The minimum absolute atomic E-state index is 0.0348. The van der Waals surface area contributed by atoms with Crippen molar-refractivity contribution in [3.63, 3.8) is 0 Å². The van der Waals surface area contributed by atoms with E-state index in [9.17, 15) is 24.3 Å². The van der Waals surface area contributed by atoms with Gasteiger partial charge in [0, 0.05) is 50.8 Å². The summed E-state index contributed by atoms with van der Waals surface area (Å²) in [5.41, 5.74) is 0.747. The number of carboxylic acids is 1. The lowest BCUT2D eigenvalue weighted by atomic mass is 10.1. The molecule has 13 heteroatoms. The van der Waals surface area contributed by atoms with Crippen molar-refractivity contribution < 1.29 is 33.8 Å². The van der Waals surface area contributed by atoms with Crippen LogP contribution in [-0.4, -0.2) is 107 Å². The second-order valence-corrected chi connectivity index (χ2v) is 9.50. The molecule has 0 aliphatic carbocycles. The number of rotatable bonds is 10. The first-order valence-electron chi connectivity index (χ1n) is 13.4. The van der Waals surface area contributed by atoms with Crippen LogP contribution >= 0.6 is 0 Å². The van der Waals surface area contributed by atoms with Crippen LogP contribution in [0.25, 0.3) is 11.4 Å². The Morgan fingerprint density at radius 1 is 1.10 bits per heavy atom. The standard InChI is InChI=1S/C27H34N6O7/c1-2-40-27(38)33-13-11-32(12-14-33)26(37)20(8-9-23(34)35)30-25(36)21-16-22(28-19-10-15-39-17-19)31-24(29-21)18-6-4-3-5-7-18/h3-7,16,19-20H,2,8-15,17H2,1H3,(H,30,36)(H,34,35)(H,28,29,31)/t19-,20+/m1/s1. The Bertz CT molecular complexity index is 1200. The zero-order valence-corrected chi connectivity index (χ0v) is 22.4. The number of aromatic nitrogens is 2. The van der Waals surface area contributed by atoms with E-state index in [4.69, 9.17) is 9.47 Å². The Morgan fingerprint density at radius 3 is 2.48 bits per heavy atom. The molecule has 0 unspecified atom stereocenters. The second kappa shape index (κ2) is 13.7. The van der Waals surface area contributed by atoms with Crippen molar-refractivity contribution in [3.8, 4) is 11.4 Å². The number of benzene rings is 1. The lowest BCUT2D eigenvalue weighted by molar-refractivity contribution is -0.138. The van der Waals surface area contributed by atoms with E-state index in [0.717, 1.165) is 6.42 Å². The monoisotopic (exact) mass is 554 g/mol. The van der Waals surface area contributed by atoms with Gasteiger partial charge in [-0.15, -0.1) is 0 Å². The molecule has 0 radical (unpaired) electrons. The van der Waals surface area contributed by atoms with Crippen molar-refractivity contribution in [3.05, 3.63) is 42.1 Å². The molecule has 40 heavy (non-hydrogen) atoms. The summed E-state index contributed by atoms with van der Waals surface area (Å²) < 4.78 is 10.5. The Hall–Kier alpha value is -4.26. The summed E-state index contributed by atoms with van der Waals surface area (Å²) in [5.74, 6) is -1.36. The van der Waals surface area contributed by atoms with Crippen LogP contribution in [0.2, 0.25) is 0 Å². The first-order valence-corrected chi connectivity index (χ1v) is 13.4. The summed E-state index contributed by atoms with van der Waals surface area (Å²) in [6.45, 7) is 4.13. The largest absolute Gasteiger partial charge is 0.481 e. The fourth-order valence-electron chi connectivity index (χ4n) is 4.51. The summed E-state index contributed by atoms with van der Waals surface area (Å²) >= 11 is 0. The van der Waals surface area contributed by atoms with Gasteiger partial charge in [0.05, 0.1) is 19.3 Å². The molecule has 4 rings (SSSR count). The molecule has 2 atom stereocenters. The lowest BCUT2D eigenvalue weighted by Gasteiger charge is -2.35. The molecular formula is C27H34N6O7. The second-order valence-electron chi connectivity index (χ2n) is 9.50. The topological polar surface area (TPSA) is 163 Å². The molecule has 2 aromatic rings. The van der Waals surface area contributed by atoms with E-state index in [1.165, 1.54) is 15.9 Å². The Labute approximate surface area is 231 Å². The first-order chi connectivity index (χ1) is 19.3. The summed E-state index contributed by atoms with van der Waals surface area (Å²) in [7, 11) is 0. The van der Waals surface area contributed by atoms with Crippen LogP contribution in [0, 0.1) is 0 Å². The number of ether oxygens (including phenoxy) is 2. The van der Waals surface area contributed by atoms with Crippen molar-refractivity contribution in [2.24, 2.45) is 0 Å². The van der Waals surface area contributed by atoms with Gasteiger partial charge in [0.25, 0.3) is 5.91 Å². The minimum atomic E-state index is -1.09. The third-order valence-corrected chi connectivity index (χ3v) is 6.64. The SMILES string of the molecule is CCOC(=O)N1CCN(C(=O)[C@H](CCC(=O)O)NC(=O)c2cc(N[C@@H]3CCOC3)nc(-c3ccccc3)n2)CC1. The average Bonchev–Trinajstić information content (AvgIpc) is 3.48. The smallest absolute Gasteiger partial charge is 0.409 e. The normalized spacial score (nSPS) is 17.7. The van der Waals surface area contributed by atoms with Gasteiger partial charge in [0.15, 0.2) is 5.82 Å². The number of nitrogens with one attached hydrogen (secondary N) is 2. The van der Waals surface area contributed by atoms with Gasteiger partial charge < -0.3 is 35.0 Å². The third kappa shape index (κ3) is 7.65. The highest BCUT2D eigenvalue weighted by atomic mass is 16.6. The maximum atomic E-state index is 13.4. The molecule has 0 spiro atoms. The number of piperazine rings is 1. The fraction of sp³-hybridized carbons (Fsp3) is 0.481. The molecule has 2 saturated heterocycles. The number of aliphatic carboxylic acids is 1. The molecule has 1 aromatic heterocycles. The van der Waals surface area contributed by atoms with Crippen LogP contribution in [-0.2, 0) is 19.1 Å². The lowest BCUT2D eigenvalue weighted by Crippen LogP contribution is -2.56. The predicted octanol–water partition coefficient (Wildman–Crippen LogP) is 1.61. The number of nitrogens with zero attached hydrogens (tertiary/aromatic N) is 4. The molecule has 3 amide bonds. The molecule has 3 N–H and O–H groups in total. The van der Waals surface area contributed by atoms with E-state index in [0.29, 0.717) is 30.4 Å². The summed E-state index contributed by atoms with van der Waals surface area (Å²) in [4.78, 5) is 62.2. The van der Waals surface area contributed by atoms with Gasteiger partial charge in [-0.25, -0.2) is 14.8 Å². The van der Waals surface area contributed by atoms with E-state index in [1.807, 2.05) is 30.3 Å². The molecule has 0 bridgehead atoms. The van der Waals surface area contributed by atoms with Crippen molar-refractivity contribution >= 4 is 29.7 Å². The highest BCUT2D eigenvalue weighted by Crippen LogP contribution is 2.20. The fourth-order valence-corrected chi connectivity index (χ4v) is 4.51. The number of anilines is 1. The summed E-state index contributed by atoms with van der Waals surface area (Å²) in [6.07, 6.45) is -0.0648. The van der Waals surface area contributed by atoms with E-state index in [2.05, 4.69) is 20.6 Å². The third-order valence-electron chi connectivity index (χ3n) is 6.64. The Morgan fingerprint density at radius 2 is 1.82 bits per heavy atom. The number of hydrogen-bond donors (Lipinski definition) is 3. The van der Waals surface area contributed by atoms with Crippen LogP contribution in [0.3, 0.4) is 0 Å². The van der Waals surface area contributed by atoms with E-state index in [-0.39, 0.29) is 57.4 Å². The van der Waals surface area contributed by atoms with Crippen LogP contribution in [0.1, 0.15) is 36.7 Å². The van der Waals surface area contributed by atoms with E-state index in [1.54, 1.807) is 6.92 Å². The number of amides is 3. The average molecular weight is 555 g/mol. The maximum absolute atomic E-state index is 13.4. The van der Waals surface area contributed by atoms with Crippen LogP contribution in [0.15, 0.2) is 36.4 Å². The van der Waals surface area contributed by atoms with Crippen molar-refractivity contribution in [2.75, 3.05) is 51.3 Å². The quantitative estimate of drug-likeness (QED) is 0.393. The van der Waals surface area contributed by atoms with Gasteiger partial charge in [0.1, 0.15) is 17.6 Å². The van der Waals surface area contributed by atoms with Gasteiger partial charge >= 0.3 is 12.1 Å². The van der Waals surface area contributed by atoms with Crippen molar-refractivity contribution in [2.45, 2.75) is 38.3 Å². The zero-order chi connectivity index (χ0) is 28.5. The van der Waals surface area contributed by atoms with Gasteiger partial charge in [-0.3, -0.25) is 14.4 Å². The number of carboxylic acid groups (broad SMARTS) is 1. The molecule has 2 fully saturated rings. The van der Waals surface area contributed by atoms with E-state index >= 15 is 0 Å². The molecule has 2 aliphatic heterocycles. The molecule has 0 saturated carbocycles. The van der Waals surface area contributed by atoms with Crippen molar-refractivity contribution in [1.82, 2.24) is 25.1 Å². The van der Waals surface area contributed by atoms with Gasteiger partial charge in [-0.1, -0.05) is 30.3 Å². The summed E-state index contributed by atoms with van der Waals surface area (Å²) in [6, 6.07) is 9.65. The molecule has 1 aromatic carbocycles. The highest BCUT2D eigenvalue weighted by Gasteiger charge is 2.31. The number of carbonyl (C=O) groups is 4. The van der Waals surface area contributed by atoms with Gasteiger partial charge in [-0.05, 0) is 19.8 Å². The van der Waals surface area contributed by atoms with Crippen molar-refractivity contribution in [1.29, 1.82) is 0 Å². The zero-order valence-electron chi connectivity index (χ0n) is 22.4. The predicted molar refractivity (Wildman–Crippen MR) is 144 cm³/mol. The summed E-state index contributed by atoms with van der Waals surface area (Å²) in [5, 5.41) is 15.2. The number of carbonyl (C=O) groups excluding carboxylic acids is 3. The highest BCUT2D eigenvalue weighted by molar-refractivity contribution is 5.97. The van der Waals surface area contributed by atoms with E-state index < -0.39 is 29.9 Å². The first kappa shape index (κ1) is 28.7. The molecule has 13 nitrogen and oxygen atoms in total. The Kier molecular flexibility index (Phi) is 9.84. The Balaban J connectivity index is 1.52.